The van der Waals surface area contributed by atoms with Crippen molar-refractivity contribution in [2.45, 2.75) is 29.1 Å². The van der Waals surface area contributed by atoms with E-state index in [1.807, 2.05) is 97.1 Å². The third kappa shape index (κ3) is 9.25. The highest BCUT2D eigenvalue weighted by molar-refractivity contribution is 7.99. The van der Waals surface area contributed by atoms with Gasteiger partial charge in [0, 0.05) is 34.7 Å². The highest BCUT2D eigenvalue weighted by Gasteiger charge is 2.33. The number of hydrogen-bond donors (Lipinski definition) is 3. The Balaban J connectivity index is 1.27. The number of carbonyl (C=O) groups excluding carboxylic acids is 2. The number of methoxy groups -OCH3 is 1. The van der Waals surface area contributed by atoms with Crippen molar-refractivity contribution in [3.8, 4) is 5.75 Å². The maximum absolute atomic E-state index is 14.0. The Morgan fingerprint density at radius 3 is 2.18 bits per heavy atom. The van der Waals surface area contributed by atoms with Gasteiger partial charge in [0.2, 0.25) is 5.91 Å². The zero-order valence-corrected chi connectivity index (χ0v) is 26.4. The highest BCUT2D eigenvalue weighted by atomic mass is 35.5. The van der Waals surface area contributed by atoms with Crippen molar-refractivity contribution in [3.05, 3.63) is 125 Å². The number of alkyl carbamates (subject to hydrolysis) is 1. The van der Waals surface area contributed by atoms with Crippen molar-refractivity contribution in [3.63, 3.8) is 0 Å². The zero-order chi connectivity index (χ0) is 31.4. The van der Waals surface area contributed by atoms with Crippen LogP contribution in [0.4, 0.5) is 10.5 Å². The van der Waals surface area contributed by atoms with Crippen LogP contribution in [0, 0.1) is 0 Å². The summed E-state index contributed by atoms with van der Waals surface area (Å²) in [6.45, 7) is 1.70. The minimum absolute atomic E-state index is 0.0148. The summed E-state index contributed by atoms with van der Waals surface area (Å²) >= 11 is 7.72. The van der Waals surface area contributed by atoms with E-state index in [2.05, 4.69) is 16.0 Å². The molecule has 4 aromatic rings. The molecule has 0 aliphatic carbocycles. The Bertz CT molecular complexity index is 1490. The van der Waals surface area contributed by atoms with E-state index in [4.69, 9.17) is 25.8 Å². The summed E-state index contributed by atoms with van der Waals surface area (Å²) < 4.78 is 17.4. The molecular weight excluding hydrogens is 610 g/mol. The number of anilines is 1. The molecule has 45 heavy (non-hydrogen) atoms. The number of hydrogen-bond acceptors (Lipinski definition) is 7. The van der Waals surface area contributed by atoms with Crippen molar-refractivity contribution in [1.82, 2.24) is 10.6 Å². The number of benzene rings is 4. The van der Waals surface area contributed by atoms with E-state index < -0.39 is 24.0 Å². The molecule has 2 amide bonds. The predicted molar refractivity (Wildman–Crippen MR) is 178 cm³/mol. The fraction of sp³-hybridized carbons (Fsp3) is 0.257. The molecule has 0 bridgehead atoms. The SMILES string of the molecule is COC(=O)NC(C(=O)Nc1ccccc1OC[C@@H]1CNC[C@@H](CSc2ccc(Cl)cc2)O1)C(c1ccccc1)c1ccccc1. The van der Waals surface area contributed by atoms with Gasteiger partial charge in [-0.15, -0.1) is 11.8 Å². The quantitative estimate of drug-likeness (QED) is 0.154. The lowest BCUT2D eigenvalue weighted by atomic mass is 9.84. The number of thioether (sulfide) groups is 1. The van der Waals surface area contributed by atoms with Gasteiger partial charge in [0.05, 0.1) is 18.9 Å². The standard InChI is InChI=1S/C35H36ClN3O5S/c1-42-35(41)39-33(32(24-10-4-2-5-11-24)25-12-6-3-7-13-25)34(40)38-30-14-8-9-15-31(30)43-22-27-20-37-21-28(44-27)23-45-29-18-16-26(36)17-19-29/h2-19,27-28,32-33,37H,20-23H2,1H3,(H,38,40)(H,39,41)/t27-,28-,33?/m0/s1. The fourth-order valence-corrected chi connectivity index (χ4v) is 6.19. The van der Waals surface area contributed by atoms with E-state index in [0.29, 0.717) is 29.6 Å². The van der Waals surface area contributed by atoms with E-state index >= 15 is 0 Å². The first-order valence-corrected chi connectivity index (χ1v) is 16.1. The van der Waals surface area contributed by atoms with Gasteiger partial charge in [-0.25, -0.2) is 4.79 Å². The average Bonchev–Trinajstić information content (AvgIpc) is 3.08. The minimum atomic E-state index is -0.986. The largest absolute Gasteiger partial charge is 0.489 e. The van der Waals surface area contributed by atoms with Crippen LogP contribution < -0.4 is 20.7 Å². The first-order chi connectivity index (χ1) is 22.0. The first kappa shape index (κ1) is 32.4. The van der Waals surface area contributed by atoms with Gasteiger partial charge >= 0.3 is 6.09 Å². The van der Waals surface area contributed by atoms with Gasteiger partial charge in [0.15, 0.2) is 0 Å². The lowest BCUT2D eigenvalue weighted by Crippen LogP contribution is -2.48. The molecule has 0 aromatic heterocycles. The van der Waals surface area contributed by atoms with Crippen LogP contribution in [-0.2, 0) is 14.3 Å². The molecule has 1 saturated heterocycles. The molecule has 1 unspecified atom stereocenters. The Morgan fingerprint density at radius 1 is 0.889 bits per heavy atom. The van der Waals surface area contributed by atoms with Gasteiger partial charge in [-0.2, -0.15) is 0 Å². The summed E-state index contributed by atoms with van der Waals surface area (Å²) in [7, 11) is 1.27. The zero-order valence-electron chi connectivity index (χ0n) is 24.9. The van der Waals surface area contributed by atoms with Gasteiger partial charge in [-0.3, -0.25) is 4.79 Å². The summed E-state index contributed by atoms with van der Waals surface area (Å²) in [5.74, 6) is 0.393. The highest BCUT2D eigenvalue weighted by Crippen LogP contribution is 2.31. The van der Waals surface area contributed by atoms with Crippen molar-refractivity contribution in [1.29, 1.82) is 0 Å². The molecule has 1 aliphatic heterocycles. The molecule has 10 heteroatoms. The fourth-order valence-electron chi connectivity index (χ4n) is 5.16. The number of para-hydroxylation sites is 2. The predicted octanol–water partition coefficient (Wildman–Crippen LogP) is 6.36. The summed E-state index contributed by atoms with van der Waals surface area (Å²) in [5.41, 5.74) is 2.23. The van der Waals surface area contributed by atoms with Crippen LogP contribution >= 0.6 is 23.4 Å². The summed E-state index contributed by atoms with van der Waals surface area (Å²) in [5, 5.41) is 9.91. The average molecular weight is 646 g/mol. The second-order valence-electron chi connectivity index (χ2n) is 10.5. The molecule has 3 atom stereocenters. The van der Waals surface area contributed by atoms with Crippen LogP contribution in [0.5, 0.6) is 5.75 Å². The van der Waals surface area contributed by atoms with Crippen LogP contribution in [0.15, 0.2) is 114 Å². The van der Waals surface area contributed by atoms with E-state index in [1.165, 1.54) is 7.11 Å². The topological polar surface area (TPSA) is 97.9 Å². The molecule has 1 fully saturated rings. The van der Waals surface area contributed by atoms with E-state index in [0.717, 1.165) is 28.3 Å². The van der Waals surface area contributed by atoms with Crippen LogP contribution in [0.1, 0.15) is 17.0 Å². The van der Waals surface area contributed by atoms with Crippen LogP contribution in [0.25, 0.3) is 0 Å². The molecule has 3 N–H and O–H groups in total. The summed E-state index contributed by atoms with van der Waals surface area (Å²) in [4.78, 5) is 27.6. The molecule has 1 aliphatic rings. The number of amides is 2. The second-order valence-corrected chi connectivity index (χ2v) is 12.0. The lowest BCUT2D eigenvalue weighted by Gasteiger charge is -2.31. The van der Waals surface area contributed by atoms with E-state index in [1.54, 1.807) is 23.9 Å². The number of carbonyl (C=O) groups is 2. The number of rotatable bonds is 12. The van der Waals surface area contributed by atoms with Crippen LogP contribution in [-0.4, -0.2) is 62.8 Å². The first-order valence-electron chi connectivity index (χ1n) is 14.7. The van der Waals surface area contributed by atoms with Crippen molar-refractivity contribution in [2.24, 2.45) is 0 Å². The summed E-state index contributed by atoms with van der Waals surface area (Å²) in [6.07, 6.45) is -0.865. The molecule has 8 nitrogen and oxygen atoms in total. The Morgan fingerprint density at radius 2 is 1.51 bits per heavy atom. The van der Waals surface area contributed by atoms with Crippen LogP contribution in [0.3, 0.4) is 0 Å². The van der Waals surface area contributed by atoms with Gasteiger partial charge in [-0.05, 0) is 47.5 Å². The molecule has 1 heterocycles. The maximum atomic E-state index is 14.0. The number of morpholine rings is 1. The number of halogens is 1. The third-order valence-electron chi connectivity index (χ3n) is 7.34. The maximum Gasteiger partial charge on any atom is 0.407 e. The molecule has 0 radical (unpaired) electrons. The van der Waals surface area contributed by atoms with Crippen LogP contribution in [0.2, 0.25) is 5.02 Å². The Hall–Kier alpha value is -4.02. The Labute approximate surface area is 272 Å². The second kappa shape index (κ2) is 16.3. The lowest BCUT2D eigenvalue weighted by molar-refractivity contribution is -0.118. The summed E-state index contributed by atoms with van der Waals surface area (Å²) in [6, 6.07) is 33.2. The molecule has 5 rings (SSSR count). The van der Waals surface area contributed by atoms with Gasteiger partial charge in [-0.1, -0.05) is 84.4 Å². The Kier molecular flexibility index (Phi) is 11.8. The smallest absolute Gasteiger partial charge is 0.407 e. The van der Waals surface area contributed by atoms with Crippen molar-refractivity contribution < 1.29 is 23.8 Å². The number of nitrogens with one attached hydrogen (secondary N) is 3. The minimum Gasteiger partial charge on any atom is -0.489 e. The molecular formula is C35H36ClN3O5S. The van der Waals surface area contributed by atoms with Crippen molar-refractivity contribution >= 4 is 41.1 Å². The van der Waals surface area contributed by atoms with Gasteiger partial charge < -0.3 is 30.2 Å². The molecule has 0 spiro atoms. The number of ether oxygens (including phenoxy) is 3. The normalized spacial score (nSPS) is 16.9. The third-order valence-corrected chi connectivity index (χ3v) is 8.74. The molecule has 234 valence electrons. The van der Waals surface area contributed by atoms with E-state index in [-0.39, 0.29) is 12.2 Å². The molecule has 4 aromatic carbocycles. The monoisotopic (exact) mass is 645 g/mol. The van der Waals surface area contributed by atoms with Gasteiger partial charge in [0.25, 0.3) is 0 Å². The van der Waals surface area contributed by atoms with Gasteiger partial charge in [0.1, 0.15) is 24.5 Å². The van der Waals surface area contributed by atoms with Crippen molar-refractivity contribution in [2.75, 3.05) is 37.9 Å². The molecule has 0 saturated carbocycles. The van der Waals surface area contributed by atoms with E-state index in [9.17, 15) is 9.59 Å².